The van der Waals surface area contributed by atoms with Crippen LogP contribution < -0.4 is 10.5 Å². The van der Waals surface area contributed by atoms with Crippen molar-refractivity contribution in [3.63, 3.8) is 0 Å². The van der Waals surface area contributed by atoms with E-state index in [2.05, 4.69) is 11.6 Å². The van der Waals surface area contributed by atoms with Gasteiger partial charge in [-0.15, -0.1) is 0 Å². The topological polar surface area (TPSA) is 72.2 Å². The SMILES string of the molecule is CCCCCNS(=O)(=O)Cc1ccccc1C(N)=S. The number of thiocarbonyl (C=S) groups is 1. The molecule has 0 saturated heterocycles. The van der Waals surface area contributed by atoms with Gasteiger partial charge in [0, 0.05) is 12.1 Å². The third-order valence-electron chi connectivity index (χ3n) is 2.73. The molecular formula is C13H20N2O2S2. The van der Waals surface area contributed by atoms with Gasteiger partial charge < -0.3 is 5.73 Å². The second-order valence-corrected chi connectivity index (χ2v) is 6.63. The van der Waals surface area contributed by atoms with Crippen molar-refractivity contribution in [3.05, 3.63) is 35.4 Å². The number of hydrogen-bond acceptors (Lipinski definition) is 3. The molecule has 0 aliphatic heterocycles. The van der Waals surface area contributed by atoms with Gasteiger partial charge in [-0.3, -0.25) is 0 Å². The van der Waals surface area contributed by atoms with Crippen LogP contribution in [0.4, 0.5) is 0 Å². The summed E-state index contributed by atoms with van der Waals surface area (Å²) in [5, 5.41) is 0. The van der Waals surface area contributed by atoms with Crippen LogP contribution in [0.3, 0.4) is 0 Å². The van der Waals surface area contributed by atoms with E-state index >= 15 is 0 Å². The Bertz CT molecular complexity index is 527. The lowest BCUT2D eigenvalue weighted by molar-refractivity contribution is 0.575. The number of rotatable bonds is 8. The minimum atomic E-state index is -3.34. The minimum Gasteiger partial charge on any atom is -0.389 e. The Morgan fingerprint density at radius 3 is 2.63 bits per heavy atom. The standard InChI is InChI=1S/C13H20N2O2S2/c1-2-3-6-9-15-19(16,17)10-11-7-4-5-8-12(11)13(14)18/h4-5,7-8,15H,2-3,6,9-10H2,1H3,(H2,14,18). The van der Waals surface area contributed by atoms with Crippen LogP contribution in [0.2, 0.25) is 0 Å². The summed E-state index contributed by atoms with van der Waals surface area (Å²) in [5.74, 6) is -0.0906. The van der Waals surface area contributed by atoms with Crippen molar-refractivity contribution in [1.82, 2.24) is 4.72 Å². The van der Waals surface area contributed by atoms with E-state index in [9.17, 15) is 8.42 Å². The molecule has 1 aromatic rings. The predicted octanol–water partition coefficient (Wildman–Crippen LogP) is 1.93. The highest BCUT2D eigenvalue weighted by Crippen LogP contribution is 2.12. The van der Waals surface area contributed by atoms with Gasteiger partial charge in [0.1, 0.15) is 4.99 Å². The molecule has 0 aromatic heterocycles. The molecule has 106 valence electrons. The smallest absolute Gasteiger partial charge is 0.215 e. The number of hydrogen-bond donors (Lipinski definition) is 2. The van der Waals surface area contributed by atoms with Crippen molar-refractivity contribution in [3.8, 4) is 0 Å². The molecule has 0 bridgehead atoms. The molecule has 1 rings (SSSR count). The Morgan fingerprint density at radius 1 is 1.32 bits per heavy atom. The second-order valence-electron chi connectivity index (χ2n) is 4.38. The van der Waals surface area contributed by atoms with Crippen molar-refractivity contribution in [1.29, 1.82) is 0 Å². The van der Waals surface area contributed by atoms with Gasteiger partial charge in [-0.2, -0.15) is 0 Å². The molecule has 0 aliphatic carbocycles. The van der Waals surface area contributed by atoms with E-state index < -0.39 is 10.0 Å². The summed E-state index contributed by atoms with van der Waals surface area (Å²) in [4.78, 5) is 0.219. The molecule has 0 aliphatic rings. The fraction of sp³-hybridized carbons (Fsp3) is 0.462. The molecule has 1 aromatic carbocycles. The maximum atomic E-state index is 11.9. The van der Waals surface area contributed by atoms with Crippen LogP contribution in [-0.2, 0) is 15.8 Å². The van der Waals surface area contributed by atoms with Gasteiger partial charge in [-0.25, -0.2) is 13.1 Å². The maximum absolute atomic E-state index is 11.9. The molecule has 0 amide bonds. The van der Waals surface area contributed by atoms with E-state index in [4.69, 9.17) is 18.0 Å². The van der Waals surface area contributed by atoms with Crippen LogP contribution in [0.5, 0.6) is 0 Å². The van der Waals surface area contributed by atoms with Crippen LogP contribution in [0.15, 0.2) is 24.3 Å². The number of unbranched alkanes of at least 4 members (excludes halogenated alkanes) is 2. The normalized spacial score (nSPS) is 11.4. The Kier molecular flexibility index (Phi) is 6.41. The summed E-state index contributed by atoms with van der Waals surface area (Å²) in [7, 11) is -3.34. The molecule has 19 heavy (non-hydrogen) atoms. The zero-order chi connectivity index (χ0) is 14.3. The van der Waals surface area contributed by atoms with Crippen LogP contribution in [-0.4, -0.2) is 20.0 Å². The first kappa shape index (κ1) is 16.1. The Morgan fingerprint density at radius 2 is 2.00 bits per heavy atom. The quantitative estimate of drug-likeness (QED) is 0.568. The fourth-order valence-electron chi connectivity index (χ4n) is 1.74. The van der Waals surface area contributed by atoms with Gasteiger partial charge >= 0.3 is 0 Å². The van der Waals surface area contributed by atoms with E-state index in [1.807, 2.05) is 0 Å². The predicted molar refractivity (Wildman–Crippen MR) is 82.5 cm³/mol. The summed E-state index contributed by atoms with van der Waals surface area (Å²) in [6.07, 6.45) is 2.94. The third-order valence-corrected chi connectivity index (χ3v) is 4.29. The van der Waals surface area contributed by atoms with Gasteiger partial charge in [0.15, 0.2) is 0 Å². The van der Waals surface area contributed by atoms with Crippen molar-refractivity contribution in [2.45, 2.75) is 31.9 Å². The van der Waals surface area contributed by atoms with Crippen LogP contribution in [0.25, 0.3) is 0 Å². The van der Waals surface area contributed by atoms with Gasteiger partial charge in [0.25, 0.3) is 0 Å². The maximum Gasteiger partial charge on any atom is 0.215 e. The first-order valence-corrected chi connectivity index (χ1v) is 8.37. The molecule has 6 heteroatoms. The van der Waals surface area contributed by atoms with Crippen LogP contribution >= 0.6 is 12.2 Å². The Balaban J connectivity index is 2.70. The van der Waals surface area contributed by atoms with E-state index in [1.54, 1.807) is 24.3 Å². The summed E-state index contributed by atoms with van der Waals surface area (Å²) >= 11 is 4.92. The summed E-state index contributed by atoms with van der Waals surface area (Å²) in [6, 6.07) is 7.05. The highest BCUT2D eigenvalue weighted by Gasteiger charge is 2.14. The van der Waals surface area contributed by atoms with Crippen LogP contribution in [0.1, 0.15) is 37.3 Å². The van der Waals surface area contributed by atoms with Gasteiger partial charge in [0.05, 0.1) is 5.75 Å². The fourth-order valence-corrected chi connectivity index (χ4v) is 3.16. The minimum absolute atomic E-state index is 0.0906. The van der Waals surface area contributed by atoms with E-state index in [-0.39, 0.29) is 10.7 Å². The number of sulfonamides is 1. The first-order valence-electron chi connectivity index (χ1n) is 6.31. The van der Waals surface area contributed by atoms with Gasteiger partial charge in [0.2, 0.25) is 10.0 Å². The molecule has 0 saturated carbocycles. The molecule has 4 nitrogen and oxygen atoms in total. The van der Waals surface area contributed by atoms with Crippen molar-refractivity contribution in [2.75, 3.05) is 6.54 Å². The largest absolute Gasteiger partial charge is 0.389 e. The third kappa shape index (κ3) is 5.67. The van der Waals surface area contributed by atoms with Crippen LogP contribution in [0, 0.1) is 0 Å². The first-order chi connectivity index (χ1) is 8.96. The molecule has 0 atom stereocenters. The average Bonchev–Trinajstić information content (AvgIpc) is 2.34. The summed E-state index contributed by atoms with van der Waals surface area (Å²) < 4.78 is 26.5. The zero-order valence-corrected chi connectivity index (χ0v) is 12.7. The molecule has 0 spiro atoms. The highest BCUT2D eigenvalue weighted by atomic mass is 32.2. The number of nitrogens with one attached hydrogen (secondary N) is 1. The lowest BCUT2D eigenvalue weighted by Gasteiger charge is -2.10. The molecule has 0 unspecified atom stereocenters. The van der Waals surface area contributed by atoms with Gasteiger partial charge in [-0.05, 0) is 12.0 Å². The molecule has 0 fully saturated rings. The highest BCUT2D eigenvalue weighted by molar-refractivity contribution is 7.88. The Hall–Kier alpha value is -0.980. The van der Waals surface area contributed by atoms with E-state index in [0.29, 0.717) is 17.7 Å². The second kappa shape index (κ2) is 7.57. The lowest BCUT2D eigenvalue weighted by Crippen LogP contribution is -2.27. The molecular weight excluding hydrogens is 280 g/mol. The summed E-state index contributed by atoms with van der Waals surface area (Å²) in [6.45, 7) is 2.55. The van der Waals surface area contributed by atoms with E-state index in [0.717, 1.165) is 19.3 Å². The zero-order valence-electron chi connectivity index (χ0n) is 11.1. The van der Waals surface area contributed by atoms with Crippen molar-refractivity contribution >= 4 is 27.2 Å². The lowest BCUT2D eigenvalue weighted by atomic mass is 10.1. The Labute approximate surface area is 120 Å². The molecule has 0 heterocycles. The number of nitrogens with two attached hydrogens (primary N) is 1. The molecule has 3 N–H and O–H groups in total. The van der Waals surface area contributed by atoms with Crippen molar-refractivity contribution < 1.29 is 8.42 Å². The molecule has 0 radical (unpaired) electrons. The summed E-state index contributed by atoms with van der Waals surface area (Å²) in [5.41, 5.74) is 6.85. The number of benzene rings is 1. The van der Waals surface area contributed by atoms with E-state index in [1.165, 1.54) is 0 Å². The van der Waals surface area contributed by atoms with Gasteiger partial charge in [-0.1, -0.05) is 56.2 Å². The monoisotopic (exact) mass is 300 g/mol. The average molecular weight is 300 g/mol. The van der Waals surface area contributed by atoms with Crippen molar-refractivity contribution in [2.24, 2.45) is 5.73 Å².